The third-order valence-corrected chi connectivity index (χ3v) is 12.3. The predicted octanol–water partition coefficient (Wildman–Crippen LogP) is 5.74. The van der Waals surface area contributed by atoms with Crippen LogP contribution in [0.2, 0.25) is 5.02 Å². The summed E-state index contributed by atoms with van der Waals surface area (Å²) in [5.74, 6) is -2.02. The number of aliphatic hydroxyl groups excluding tert-OH is 1. The van der Waals surface area contributed by atoms with Crippen molar-refractivity contribution in [2.45, 2.75) is 62.7 Å². The summed E-state index contributed by atoms with van der Waals surface area (Å²) in [4.78, 5) is 49.5. The monoisotopic (exact) mass is 649 g/mol. The number of thioether (sulfide) groups is 1. The van der Waals surface area contributed by atoms with Crippen LogP contribution in [0, 0.1) is 30.6 Å². The fraction of sp³-hybridized carbons (Fsp3) is 0.472. The average molecular weight is 650 g/mol. The second-order valence-corrected chi connectivity index (χ2v) is 14.9. The highest BCUT2D eigenvalue weighted by atomic mass is 35.5. The molecule has 0 aliphatic carbocycles. The number of hydrogen-bond donors (Lipinski definition) is 1. The van der Waals surface area contributed by atoms with Crippen LogP contribution in [0.1, 0.15) is 38.3 Å². The number of fused-ring (bicyclic) bond motifs is 1. The van der Waals surface area contributed by atoms with Crippen LogP contribution >= 0.6 is 23.4 Å². The molecule has 45 heavy (non-hydrogen) atoms. The Bertz CT molecular complexity index is 1450. The first-order valence-electron chi connectivity index (χ1n) is 15.7. The van der Waals surface area contributed by atoms with Crippen molar-refractivity contribution in [3.8, 4) is 0 Å². The minimum absolute atomic E-state index is 0.0177. The van der Waals surface area contributed by atoms with E-state index in [0.29, 0.717) is 30.2 Å². The number of carbonyl (C=O) groups is 3. The molecular formula is C36H44ClN3O4S. The van der Waals surface area contributed by atoms with Crippen molar-refractivity contribution < 1.29 is 19.5 Å². The molecule has 5 rings (SSSR count). The third-order valence-electron chi connectivity index (χ3n) is 9.93. The van der Waals surface area contributed by atoms with Gasteiger partial charge in [-0.2, -0.15) is 0 Å². The zero-order chi connectivity index (χ0) is 32.6. The van der Waals surface area contributed by atoms with Crippen LogP contribution in [0.5, 0.6) is 0 Å². The van der Waals surface area contributed by atoms with Gasteiger partial charge in [-0.15, -0.1) is 24.9 Å². The summed E-state index contributed by atoms with van der Waals surface area (Å²) < 4.78 is -0.845. The van der Waals surface area contributed by atoms with E-state index < -0.39 is 28.7 Å². The smallest absolute Gasteiger partial charge is 0.251 e. The van der Waals surface area contributed by atoms with Gasteiger partial charge in [0.25, 0.3) is 5.91 Å². The molecule has 3 amide bonds. The lowest BCUT2D eigenvalue weighted by Gasteiger charge is -2.43. The van der Waals surface area contributed by atoms with Crippen LogP contribution in [-0.2, 0) is 20.9 Å². The van der Waals surface area contributed by atoms with Crippen LogP contribution in [-0.4, -0.2) is 74.4 Å². The number of benzene rings is 2. The van der Waals surface area contributed by atoms with Gasteiger partial charge in [0.15, 0.2) is 0 Å². The molecule has 240 valence electrons. The Morgan fingerprint density at radius 3 is 2.40 bits per heavy atom. The number of para-hydroxylation sites is 1. The summed E-state index contributed by atoms with van der Waals surface area (Å²) in [7, 11) is 0. The van der Waals surface area contributed by atoms with Crippen molar-refractivity contribution in [1.82, 2.24) is 9.80 Å². The maximum atomic E-state index is 15.1. The second kappa shape index (κ2) is 13.3. The van der Waals surface area contributed by atoms with Gasteiger partial charge >= 0.3 is 0 Å². The number of anilines is 1. The highest BCUT2D eigenvalue weighted by Gasteiger charge is 2.77. The molecule has 7 atom stereocenters. The number of aliphatic hydroxyl groups is 1. The lowest BCUT2D eigenvalue weighted by atomic mass is 9.65. The molecule has 2 aromatic carbocycles. The van der Waals surface area contributed by atoms with Crippen molar-refractivity contribution in [3.63, 3.8) is 0 Å². The van der Waals surface area contributed by atoms with Crippen molar-refractivity contribution in [2.75, 3.05) is 24.6 Å². The first-order chi connectivity index (χ1) is 21.5. The fourth-order valence-electron chi connectivity index (χ4n) is 7.93. The summed E-state index contributed by atoms with van der Waals surface area (Å²) in [6, 6.07) is 13.8. The number of rotatable bonds is 12. The van der Waals surface area contributed by atoms with E-state index in [1.165, 1.54) is 0 Å². The standard InChI is InChI=1S/C36H44ClN3O4S/c1-7-17-38(20-25-14-10-9-11-15-25)33(42)29-28-19-24(6)36(45-28)30(29)34(43)40(27(21-41)22(3)4)32(36)35(44)39(18-8-2)31-23(5)13-12-16-26(31)37/h7-16,22,24,27-30,32,41H,1-2,17-21H2,3-6H3/t24?,27-,28+,29-,30-,32?,36?/m0/s1. The number of nitrogens with zero attached hydrogens (tertiary/aromatic N) is 3. The molecule has 3 saturated heterocycles. The summed E-state index contributed by atoms with van der Waals surface area (Å²) in [5.41, 5.74) is 2.41. The molecule has 3 heterocycles. The van der Waals surface area contributed by atoms with Gasteiger partial charge in [-0.25, -0.2) is 0 Å². The summed E-state index contributed by atoms with van der Waals surface area (Å²) >= 11 is 8.35. The van der Waals surface area contributed by atoms with Crippen LogP contribution in [0.25, 0.3) is 0 Å². The molecule has 1 N–H and O–H groups in total. The molecule has 3 aliphatic heterocycles. The van der Waals surface area contributed by atoms with Crippen molar-refractivity contribution in [2.24, 2.45) is 23.7 Å². The molecule has 0 radical (unpaired) electrons. The topological polar surface area (TPSA) is 81.2 Å². The largest absolute Gasteiger partial charge is 0.394 e. The first-order valence-corrected chi connectivity index (χ1v) is 17.0. The normalized spacial score (nSPS) is 27.4. The maximum absolute atomic E-state index is 15.1. The molecule has 0 aromatic heterocycles. The second-order valence-electron chi connectivity index (χ2n) is 12.9. The lowest BCUT2D eigenvalue weighted by Crippen LogP contribution is -2.60. The summed E-state index contributed by atoms with van der Waals surface area (Å²) in [5, 5.41) is 11.0. The Hall–Kier alpha value is -3.07. The van der Waals surface area contributed by atoms with Crippen LogP contribution < -0.4 is 4.90 Å². The van der Waals surface area contributed by atoms with Gasteiger partial charge in [-0.05, 0) is 42.4 Å². The highest BCUT2D eigenvalue weighted by molar-refractivity contribution is 8.02. The number of halogens is 1. The Kier molecular flexibility index (Phi) is 9.87. The molecule has 2 aromatic rings. The molecule has 3 fully saturated rings. The zero-order valence-corrected chi connectivity index (χ0v) is 28.1. The number of likely N-dealkylation sites (tertiary alicyclic amines) is 1. The van der Waals surface area contributed by atoms with E-state index >= 15 is 4.79 Å². The van der Waals surface area contributed by atoms with E-state index in [1.54, 1.807) is 44.7 Å². The van der Waals surface area contributed by atoms with E-state index in [4.69, 9.17) is 11.6 Å². The summed E-state index contributed by atoms with van der Waals surface area (Å²) in [6.07, 6.45) is 4.09. The van der Waals surface area contributed by atoms with Crippen LogP contribution in [0.15, 0.2) is 73.8 Å². The molecule has 7 nitrogen and oxygen atoms in total. The lowest BCUT2D eigenvalue weighted by molar-refractivity contribution is -0.146. The van der Waals surface area contributed by atoms with E-state index in [9.17, 15) is 14.7 Å². The average Bonchev–Trinajstić information content (AvgIpc) is 3.60. The van der Waals surface area contributed by atoms with E-state index in [-0.39, 0.29) is 48.0 Å². The van der Waals surface area contributed by atoms with Crippen LogP contribution in [0.3, 0.4) is 0 Å². The minimum Gasteiger partial charge on any atom is -0.394 e. The predicted molar refractivity (Wildman–Crippen MR) is 182 cm³/mol. The first kappa shape index (κ1) is 33.3. The van der Waals surface area contributed by atoms with Gasteiger partial charge in [0.2, 0.25) is 11.8 Å². The molecule has 2 bridgehead atoms. The van der Waals surface area contributed by atoms with Gasteiger partial charge in [0.1, 0.15) is 6.04 Å². The van der Waals surface area contributed by atoms with Crippen molar-refractivity contribution >= 4 is 46.8 Å². The molecule has 3 unspecified atom stereocenters. The number of hydrogen-bond acceptors (Lipinski definition) is 5. The Morgan fingerprint density at radius 2 is 1.80 bits per heavy atom. The highest BCUT2D eigenvalue weighted by Crippen LogP contribution is 2.69. The van der Waals surface area contributed by atoms with Gasteiger partial charge in [-0.3, -0.25) is 14.4 Å². The molecule has 0 saturated carbocycles. The van der Waals surface area contributed by atoms with Crippen LogP contribution in [0.4, 0.5) is 5.69 Å². The summed E-state index contributed by atoms with van der Waals surface area (Å²) in [6.45, 7) is 16.4. The Morgan fingerprint density at radius 1 is 1.11 bits per heavy atom. The Labute approximate surface area is 276 Å². The van der Waals surface area contributed by atoms with E-state index in [0.717, 1.165) is 11.1 Å². The van der Waals surface area contributed by atoms with Gasteiger partial charge in [0.05, 0.1) is 39.9 Å². The quantitative estimate of drug-likeness (QED) is 0.297. The third kappa shape index (κ3) is 5.53. The fourth-order valence-corrected chi connectivity index (χ4v) is 10.7. The molecule has 9 heteroatoms. The minimum atomic E-state index is -0.894. The maximum Gasteiger partial charge on any atom is 0.251 e. The SMILES string of the molecule is C=CCN(Cc1ccccc1)C(=O)[C@@H]1[C@H]2C(=O)N([C@@H](CO)C(C)C)C(C(=O)N(CC=C)c3c(C)cccc3Cl)C23S[C@@H]1CC3C. The van der Waals surface area contributed by atoms with Gasteiger partial charge in [-0.1, -0.05) is 87.0 Å². The molecule has 1 spiro atoms. The number of carbonyl (C=O) groups excluding carboxylic acids is 3. The molecular weight excluding hydrogens is 606 g/mol. The molecule has 3 aliphatic rings. The van der Waals surface area contributed by atoms with Gasteiger partial charge in [0, 0.05) is 24.9 Å². The van der Waals surface area contributed by atoms with E-state index in [2.05, 4.69) is 20.1 Å². The number of aryl methyl sites for hydroxylation is 1. The zero-order valence-electron chi connectivity index (χ0n) is 26.6. The van der Waals surface area contributed by atoms with Crippen molar-refractivity contribution in [3.05, 3.63) is 90.0 Å². The number of amides is 3. The van der Waals surface area contributed by atoms with Crippen molar-refractivity contribution in [1.29, 1.82) is 0 Å². The van der Waals surface area contributed by atoms with Gasteiger partial charge < -0.3 is 19.8 Å². The Balaban J connectivity index is 1.63. The van der Waals surface area contributed by atoms with E-state index in [1.807, 2.05) is 63.2 Å².